The van der Waals surface area contributed by atoms with Crippen molar-refractivity contribution in [1.82, 2.24) is 0 Å². The minimum Gasteiger partial charge on any atom is -0.195 e. The lowest BCUT2D eigenvalue weighted by Gasteiger charge is -2.44. The van der Waals surface area contributed by atoms with Crippen molar-refractivity contribution in [2.75, 3.05) is 0 Å². The maximum absolute atomic E-state index is 2.35. The van der Waals surface area contributed by atoms with E-state index in [-0.39, 0.29) is 7.92 Å². The van der Waals surface area contributed by atoms with Gasteiger partial charge in [-0.2, -0.15) is 21.9 Å². The molecule has 5 aromatic carbocycles. The van der Waals surface area contributed by atoms with E-state index in [0.29, 0.717) is 0 Å². The van der Waals surface area contributed by atoms with Gasteiger partial charge in [0, 0.05) is 7.92 Å². The molecular formula is C36H40BP. The van der Waals surface area contributed by atoms with E-state index >= 15 is 0 Å². The molecule has 38 heavy (non-hydrogen) atoms. The number of benzene rings is 5. The van der Waals surface area contributed by atoms with Crippen LogP contribution in [0.5, 0.6) is 0 Å². The molecule has 2 heteroatoms. The van der Waals surface area contributed by atoms with Crippen molar-refractivity contribution in [2.24, 2.45) is 0 Å². The number of rotatable bonds is 7. The van der Waals surface area contributed by atoms with E-state index in [9.17, 15) is 0 Å². The zero-order chi connectivity index (χ0) is 26.8. The van der Waals surface area contributed by atoms with Crippen LogP contribution in [0, 0.1) is 0 Å². The molecule has 0 unspecified atom stereocenters. The lowest BCUT2D eigenvalue weighted by Crippen LogP contribution is -2.74. The largest absolute Gasteiger partial charge is 0.195 e. The lowest BCUT2D eigenvalue weighted by atomic mass is 9.13. The van der Waals surface area contributed by atoms with Gasteiger partial charge in [-0.1, -0.05) is 140 Å². The fraction of sp³-hybridized carbons (Fsp3) is 0.167. The maximum Gasteiger partial charge on any atom is 0.108 e. The first kappa shape index (κ1) is 27.6. The second-order valence-corrected chi connectivity index (χ2v) is 14.4. The van der Waals surface area contributed by atoms with Crippen LogP contribution in [0.1, 0.15) is 27.7 Å². The monoisotopic (exact) mass is 514 g/mol. The zero-order valence-electron chi connectivity index (χ0n) is 23.2. The highest BCUT2D eigenvalue weighted by molar-refractivity contribution is 7.66. The van der Waals surface area contributed by atoms with Gasteiger partial charge in [-0.25, -0.2) is 0 Å². The van der Waals surface area contributed by atoms with Crippen molar-refractivity contribution in [3.63, 3.8) is 0 Å². The molecule has 0 spiro atoms. The van der Waals surface area contributed by atoms with Gasteiger partial charge in [-0.15, -0.1) is 0 Å². The molecule has 5 rings (SSSR count). The van der Waals surface area contributed by atoms with Crippen LogP contribution in [0.25, 0.3) is 0 Å². The van der Waals surface area contributed by atoms with Crippen molar-refractivity contribution in [3.8, 4) is 0 Å². The standard InChI is InChI=1S/C24H20B.C12H19P/c1-5-13-21(14-6-1)25(22-15-7-2-8-16-22,23-17-9-3-10-18-23)24-19-11-4-12-20-24;1-10(2)13(11(3)4)12-8-6-5-7-9-12/h1-20H;5-11H,1-4H3/q-1;/p+1. The normalized spacial score (nSPS) is 11.3. The van der Waals surface area contributed by atoms with Gasteiger partial charge in [0.2, 0.25) is 0 Å². The highest BCUT2D eigenvalue weighted by atomic mass is 31.1. The Morgan fingerprint density at radius 2 is 0.605 bits per heavy atom. The predicted octanol–water partition coefficient (Wildman–Crippen LogP) is 6.41. The smallest absolute Gasteiger partial charge is 0.108 e. The summed E-state index contributed by atoms with van der Waals surface area (Å²) < 4.78 is 0. The Balaban J connectivity index is 0.000000219. The summed E-state index contributed by atoms with van der Waals surface area (Å²) in [4.78, 5) is 0. The summed E-state index contributed by atoms with van der Waals surface area (Å²) in [5.41, 5.74) is 7.01. The van der Waals surface area contributed by atoms with Crippen LogP contribution in [0.2, 0.25) is 0 Å². The highest BCUT2D eigenvalue weighted by Crippen LogP contribution is 2.44. The Morgan fingerprint density at radius 3 is 0.842 bits per heavy atom. The molecule has 0 saturated heterocycles. The van der Waals surface area contributed by atoms with Crippen LogP contribution >= 0.6 is 7.92 Å². The van der Waals surface area contributed by atoms with Crippen LogP contribution in [0.4, 0.5) is 0 Å². The Bertz CT molecular complexity index is 1160. The van der Waals surface area contributed by atoms with Gasteiger partial charge in [0.25, 0.3) is 0 Å². The Hall–Kier alpha value is -3.41. The predicted molar refractivity (Wildman–Crippen MR) is 175 cm³/mol. The second-order valence-electron chi connectivity index (χ2n) is 10.6. The molecule has 0 aliphatic rings. The minimum atomic E-state index is -1.22. The summed E-state index contributed by atoms with van der Waals surface area (Å²) in [5, 5.41) is 1.58. The molecule has 0 aliphatic carbocycles. The SMILES string of the molecule is CC(C)[PH+](c1ccccc1)C(C)C.c1ccc([B-](c2ccccc2)(c2ccccc2)c2ccccc2)cc1. The van der Waals surface area contributed by atoms with Crippen LogP contribution in [0.3, 0.4) is 0 Å². The van der Waals surface area contributed by atoms with Crippen molar-refractivity contribution < 1.29 is 0 Å². The van der Waals surface area contributed by atoms with Gasteiger partial charge < -0.3 is 0 Å². The first-order valence-electron chi connectivity index (χ1n) is 13.8. The van der Waals surface area contributed by atoms with Gasteiger partial charge in [-0.05, 0) is 39.8 Å². The zero-order valence-corrected chi connectivity index (χ0v) is 24.2. The van der Waals surface area contributed by atoms with E-state index in [1.165, 1.54) is 21.9 Å². The molecule has 0 radical (unpaired) electrons. The number of hydrogen-bond acceptors (Lipinski definition) is 0. The van der Waals surface area contributed by atoms with Gasteiger partial charge in [-0.3, -0.25) is 0 Å². The molecule has 0 saturated carbocycles. The fourth-order valence-electron chi connectivity index (χ4n) is 6.09. The molecule has 0 atom stereocenters. The topological polar surface area (TPSA) is 0 Å². The summed E-state index contributed by atoms with van der Waals surface area (Å²) in [6.07, 6.45) is -1.22. The van der Waals surface area contributed by atoms with Gasteiger partial charge >= 0.3 is 0 Å². The highest BCUT2D eigenvalue weighted by Gasteiger charge is 2.31. The quantitative estimate of drug-likeness (QED) is 0.174. The third kappa shape index (κ3) is 6.17. The Kier molecular flexibility index (Phi) is 9.75. The maximum atomic E-state index is 2.35. The van der Waals surface area contributed by atoms with Gasteiger partial charge in [0.05, 0.1) is 16.6 Å². The molecule has 0 aromatic heterocycles. The average Bonchev–Trinajstić information content (AvgIpc) is 2.96. The molecule has 0 fully saturated rings. The Morgan fingerprint density at radius 1 is 0.368 bits per heavy atom. The van der Waals surface area contributed by atoms with Crippen molar-refractivity contribution in [3.05, 3.63) is 152 Å². The van der Waals surface area contributed by atoms with Crippen LogP contribution in [-0.4, -0.2) is 17.5 Å². The van der Waals surface area contributed by atoms with E-state index in [1.807, 2.05) is 0 Å². The molecule has 0 aliphatic heterocycles. The molecule has 0 heterocycles. The van der Waals surface area contributed by atoms with Gasteiger partial charge in [0.15, 0.2) is 0 Å². The molecule has 192 valence electrons. The van der Waals surface area contributed by atoms with Crippen molar-refractivity contribution in [2.45, 2.75) is 39.0 Å². The van der Waals surface area contributed by atoms with E-state index in [1.54, 1.807) is 5.30 Å². The summed E-state index contributed by atoms with van der Waals surface area (Å²) >= 11 is 0. The first-order chi connectivity index (χ1) is 18.5. The summed E-state index contributed by atoms with van der Waals surface area (Å²) in [6, 6.07) is 54.5. The molecule has 0 N–H and O–H groups in total. The average molecular weight is 515 g/mol. The summed E-state index contributed by atoms with van der Waals surface area (Å²) in [7, 11) is -0.356. The van der Waals surface area contributed by atoms with Crippen molar-refractivity contribution >= 4 is 41.2 Å². The van der Waals surface area contributed by atoms with E-state index in [2.05, 4.69) is 179 Å². The van der Waals surface area contributed by atoms with Crippen LogP contribution in [0.15, 0.2) is 152 Å². The molecular weight excluding hydrogens is 474 g/mol. The molecule has 0 nitrogen and oxygen atoms in total. The van der Waals surface area contributed by atoms with Crippen molar-refractivity contribution in [1.29, 1.82) is 0 Å². The van der Waals surface area contributed by atoms with Gasteiger partial charge in [0.1, 0.15) is 6.15 Å². The summed E-state index contributed by atoms with van der Waals surface area (Å²) in [6.45, 7) is 9.39. The Labute approximate surface area is 231 Å². The van der Waals surface area contributed by atoms with Crippen LogP contribution < -0.4 is 27.2 Å². The molecule has 0 bridgehead atoms. The first-order valence-corrected chi connectivity index (χ1v) is 15.5. The minimum absolute atomic E-state index is 0.356. The molecule has 0 amide bonds. The van der Waals surface area contributed by atoms with E-state index in [0.717, 1.165) is 11.3 Å². The van der Waals surface area contributed by atoms with E-state index < -0.39 is 6.15 Å². The second kappa shape index (κ2) is 13.4. The lowest BCUT2D eigenvalue weighted by molar-refractivity contribution is 1.02. The third-order valence-electron chi connectivity index (χ3n) is 7.55. The summed E-state index contributed by atoms with van der Waals surface area (Å²) in [5.74, 6) is 0. The molecule has 5 aromatic rings. The number of hydrogen-bond donors (Lipinski definition) is 0. The third-order valence-corrected chi connectivity index (χ3v) is 11.0. The van der Waals surface area contributed by atoms with E-state index in [4.69, 9.17) is 0 Å². The van der Waals surface area contributed by atoms with Crippen LogP contribution in [-0.2, 0) is 0 Å². The fourth-order valence-corrected chi connectivity index (χ4v) is 9.33.